The van der Waals surface area contributed by atoms with Crippen molar-refractivity contribution in [1.82, 2.24) is 14.7 Å². The third-order valence-electron chi connectivity index (χ3n) is 2.46. The van der Waals surface area contributed by atoms with Crippen molar-refractivity contribution in [3.05, 3.63) is 16.4 Å². The Balaban J connectivity index is 2.63. The lowest BCUT2D eigenvalue weighted by atomic mass is 10.1. The Morgan fingerprint density at radius 2 is 2.12 bits per heavy atom. The Morgan fingerprint density at radius 1 is 1.50 bits per heavy atom. The van der Waals surface area contributed by atoms with Crippen LogP contribution in [0.1, 0.15) is 17.8 Å². The smallest absolute Gasteiger partial charge is 0.140 e. The van der Waals surface area contributed by atoms with Gasteiger partial charge in [-0.1, -0.05) is 11.6 Å². The van der Waals surface area contributed by atoms with Crippen molar-refractivity contribution in [3.8, 4) is 0 Å². The molecule has 0 aliphatic heterocycles. The largest absolute Gasteiger partial charge is 0.309 e. The summed E-state index contributed by atoms with van der Waals surface area (Å²) in [5, 5.41) is 4.79. The number of hydrogen-bond donors (Lipinski definition) is 0. The Morgan fingerprint density at radius 3 is 2.56 bits per heavy atom. The van der Waals surface area contributed by atoms with E-state index in [2.05, 4.69) is 5.10 Å². The van der Waals surface area contributed by atoms with Crippen LogP contribution < -0.4 is 0 Å². The predicted molar refractivity (Wildman–Crippen MR) is 64.8 cm³/mol. The predicted octanol–water partition coefficient (Wildman–Crippen LogP) is 1.45. The summed E-state index contributed by atoms with van der Waals surface area (Å²) >= 11 is 6.07. The molecule has 0 amide bonds. The summed E-state index contributed by atoms with van der Waals surface area (Å²) in [7, 11) is 5.72. The minimum atomic E-state index is 0.193. The first kappa shape index (κ1) is 13.2. The van der Waals surface area contributed by atoms with Crippen LogP contribution in [0.4, 0.5) is 0 Å². The lowest BCUT2D eigenvalue weighted by Crippen LogP contribution is -2.18. The molecule has 1 heterocycles. The van der Waals surface area contributed by atoms with E-state index in [9.17, 15) is 4.79 Å². The molecule has 0 saturated heterocycles. The summed E-state index contributed by atoms with van der Waals surface area (Å²) < 4.78 is 1.69. The average Bonchev–Trinajstić information content (AvgIpc) is 2.42. The van der Waals surface area contributed by atoms with E-state index in [1.54, 1.807) is 4.68 Å². The molecule has 0 unspecified atom stereocenters. The Hall–Kier alpha value is -0.870. The molecule has 0 N–H and O–H groups in total. The molecule has 0 saturated carbocycles. The fraction of sp³-hybridized carbons (Fsp3) is 0.636. The Bertz CT molecular complexity index is 385. The molecule has 1 aromatic rings. The van der Waals surface area contributed by atoms with Crippen molar-refractivity contribution >= 4 is 17.4 Å². The summed E-state index contributed by atoms with van der Waals surface area (Å²) in [4.78, 5) is 13.7. The van der Waals surface area contributed by atoms with Gasteiger partial charge in [0.25, 0.3) is 0 Å². The van der Waals surface area contributed by atoms with E-state index >= 15 is 0 Å². The number of aryl methyl sites for hydroxylation is 2. The first-order valence-corrected chi connectivity index (χ1v) is 5.64. The van der Waals surface area contributed by atoms with Crippen molar-refractivity contribution in [2.24, 2.45) is 7.05 Å². The van der Waals surface area contributed by atoms with E-state index < -0.39 is 0 Å². The second-order valence-corrected chi connectivity index (χ2v) is 4.62. The van der Waals surface area contributed by atoms with Crippen LogP contribution in [0.5, 0.6) is 0 Å². The third-order valence-corrected chi connectivity index (χ3v) is 2.96. The lowest BCUT2D eigenvalue weighted by Gasteiger charge is -2.08. The monoisotopic (exact) mass is 243 g/mol. The van der Waals surface area contributed by atoms with Gasteiger partial charge in [0.15, 0.2) is 0 Å². The van der Waals surface area contributed by atoms with Crippen LogP contribution in [0.15, 0.2) is 0 Å². The minimum absolute atomic E-state index is 0.193. The van der Waals surface area contributed by atoms with E-state index in [0.29, 0.717) is 17.9 Å². The highest BCUT2D eigenvalue weighted by Crippen LogP contribution is 2.20. The van der Waals surface area contributed by atoms with Crippen molar-refractivity contribution < 1.29 is 4.79 Å². The summed E-state index contributed by atoms with van der Waals surface area (Å²) in [6.45, 7) is 2.61. The van der Waals surface area contributed by atoms with Gasteiger partial charge in [0, 0.05) is 26.4 Å². The fourth-order valence-electron chi connectivity index (χ4n) is 1.50. The molecule has 0 aliphatic rings. The summed E-state index contributed by atoms with van der Waals surface area (Å²) in [5.41, 5.74) is 1.59. The van der Waals surface area contributed by atoms with Crippen LogP contribution >= 0.6 is 11.6 Å². The quantitative estimate of drug-likeness (QED) is 0.786. The van der Waals surface area contributed by atoms with Gasteiger partial charge in [0.2, 0.25) is 0 Å². The van der Waals surface area contributed by atoms with Crippen molar-refractivity contribution in [3.63, 3.8) is 0 Å². The second-order valence-electron chi connectivity index (χ2n) is 4.24. The van der Waals surface area contributed by atoms with E-state index in [1.165, 1.54) is 0 Å². The zero-order valence-corrected chi connectivity index (χ0v) is 11.0. The van der Waals surface area contributed by atoms with Crippen LogP contribution in [0.25, 0.3) is 0 Å². The van der Waals surface area contributed by atoms with Crippen molar-refractivity contribution in [1.29, 1.82) is 0 Å². The number of aromatic nitrogens is 2. The van der Waals surface area contributed by atoms with Crippen LogP contribution in [0, 0.1) is 6.92 Å². The van der Waals surface area contributed by atoms with Crippen LogP contribution in [0.3, 0.4) is 0 Å². The van der Waals surface area contributed by atoms with Gasteiger partial charge in [-0.25, -0.2) is 0 Å². The highest BCUT2D eigenvalue weighted by Gasteiger charge is 2.14. The maximum atomic E-state index is 11.7. The molecule has 0 radical (unpaired) electrons. The van der Waals surface area contributed by atoms with E-state index in [4.69, 9.17) is 11.6 Å². The highest BCUT2D eigenvalue weighted by atomic mass is 35.5. The Kier molecular flexibility index (Phi) is 4.50. The molecule has 4 nitrogen and oxygen atoms in total. The third kappa shape index (κ3) is 3.32. The zero-order chi connectivity index (χ0) is 12.3. The van der Waals surface area contributed by atoms with Gasteiger partial charge in [-0.2, -0.15) is 5.10 Å². The number of hydrogen-bond acceptors (Lipinski definition) is 3. The molecule has 90 valence electrons. The van der Waals surface area contributed by atoms with Gasteiger partial charge < -0.3 is 4.90 Å². The topological polar surface area (TPSA) is 38.1 Å². The molecular weight excluding hydrogens is 226 g/mol. The molecule has 0 spiro atoms. The summed E-state index contributed by atoms with van der Waals surface area (Å²) in [5.74, 6) is 0.193. The number of ketones is 1. The maximum absolute atomic E-state index is 11.7. The molecule has 0 aromatic carbocycles. The number of carbonyl (C=O) groups is 1. The molecule has 0 aliphatic carbocycles. The first-order chi connectivity index (χ1) is 7.41. The highest BCUT2D eigenvalue weighted by molar-refractivity contribution is 6.32. The molecule has 0 bridgehead atoms. The zero-order valence-electron chi connectivity index (χ0n) is 10.2. The minimum Gasteiger partial charge on any atom is -0.309 e. The van der Waals surface area contributed by atoms with Gasteiger partial charge in [-0.05, 0) is 21.0 Å². The van der Waals surface area contributed by atoms with Crippen LogP contribution in [0.2, 0.25) is 5.02 Å². The van der Waals surface area contributed by atoms with Gasteiger partial charge in [-0.15, -0.1) is 0 Å². The summed E-state index contributed by atoms with van der Waals surface area (Å²) in [6.07, 6.45) is 0.914. The fourth-order valence-corrected chi connectivity index (χ4v) is 1.72. The number of Topliss-reactive ketones (excluding diaryl/α,β-unsaturated/α-hetero) is 1. The lowest BCUT2D eigenvalue weighted by molar-refractivity contribution is -0.118. The molecule has 16 heavy (non-hydrogen) atoms. The maximum Gasteiger partial charge on any atom is 0.140 e. The van der Waals surface area contributed by atoms with E-state index in [1.807, 2.05) is 33.0 Å². The van der Waals surface area contributed by atoms with Gasteiger partial charge in [-0.3, -0.25) is 9.48 Å². The number of rotatable bonds is 5. The van der Waals surface area contributed by atoms with E-state index in [0.717, 1.165) is 17.9 Å². The normalized spacial score (nSPS) is 11.1. The average molecular weight is 244 g/mol. The first-order valence-electron chi connectivity index (χ1n) is 5.26. The molecule has 5 heteroatoms. The SMILES string of the molecule is Cc1nn(C)c(CC(=O)CCN(C)C)c1Cl. The molecule has 0 atom stereocenters. The molecule has 1 aromatic heterocycles. The summed E-state index contributed by atoms with van der Waals surface area (Å²) in [6, 6.07) is 0. The van der Waals surface area contributed by atoms with Crippen molar-refractivity contribution in [2.45, 2.75) is 19.8 Å². The van der Waals surface area contributed by atoms with Crippen LogP contribution in [-0.4, -0.2) is 41.1 Å². The molecule has 1 rings (SSSR count). The molecular formula is C11H18ClN3O. The number of halogens is 1. The number of nitrogens with zero attached hydrogens (tertiary/aromatic N) is 3. The molecule has 0 fully saturated rings. The standard InChI is InChI=1S/C11H18ClN3O/c1-8-11(12)10(15(4)13-8)7-9(16)5-6-14(2)3/h5-7H2,1-4H3. The number of carbonyl (C=O) groups excluding carboxylic acids is 1. The van der Waals surface area contributed by atoms with E-state index in [-0.39, 0.29) is 5.78 Å². The van der Waals surface area contributed by atoms with Crippen molar-refractivity contribution in [2.75, 3.05) is 20.6 Å². The van der Waals surface area contributed by atoms with Gasteiger partial charge in [0.1, 0.15) is 5.78 Å². The Labute approximate surface area is 101 Å². The van der Waals surface area contributed by atoms with Crippen LogP contribution in [-0.2, 0) is 18.3 Å². The second kappa shape index (κ2) is 5.46. The van der Waals surface area contributed by atoms with Gasteiger partial charge >= 0.3 is 0 Å². The van der Waals surface area contributed by atoms with Gasteiger partial charge in [0.05, 0.1) is 16.4 Å².